The fraction of sp³-hybridized carbons (Fsp3) is 0.227. The van der Waals surface area contributed by atoms with Gasteiger partial charge in [-0.3, -0.25) is 4.79 Å². The Labute approximate surface area is 163 Å². The second kappa shape index (κ2) is 8.08. The van der Waals surface area contributed by atoms with Crippen LogP contribution in [0.4, 0.5) is 0 Å². The molecule has 0 saturated carbocycles. The molecule has 6 heteroatoms. The van der Waals surface area contributed by atoms with Gasteiger partial charge in [-0.15, -0.1) is 0 Å². The molecule has 2 heterocycles. The second-order valence-electron chi connectivity index (χ2n) is 6.76. The predicted molar refractivity (Wildman–Crippen MR) is 108 cm³/mol. The number of carbonyl (C=O) groups excluding carboxylic acids is 1. The molecule has 0 aliphatic rings. The van der Waals surface area contributed by atoms with Gasteiger partial charge in [0, 0.05) is 31.5 Å². The Bertz CT molecular complexity index is 1080. The number of oxazole rings is 1. The van der Waals surface area contributed by atoms with Crippen molar-refractivity contribution >= 4 is 16.9 Å². The standard InChI is InChI=1S/C22H22N4O2/c1-16-6-8-17(9-7-16)20-14-24-22(28-20)11-10-21(27)23-12-13-26-15-25-18-4-2-3-5-19(18)26/h2-9,14-15H,10-13H2,1H3,(H,23,27). The number of aryl methyl sites for hydroxylation is 2. The van der Waals surface area contributed by atoms with E-state index < -0.39 is 0 Å². The quantitative estimate of drug-likeness (QED) is 0.535. The molecule has 0 spiro atoms. The fourth-order valence-corrected chi connectivity index (χ4v) is 3.09. The number of para-hydroxylation sites is 2. The van der Waals surface area contributed by atoms with Gasteiger partial charge in [0.15, 0.2) is 11.7 Å². The third-order valence-electron chi connectivity index (χ3n) is 4.66. The van der Waals surface area contributed by atoms with Gasteiger partial charge in [-0.1, -0.05) is 42.0 Å². The van der Waals surface area contributed by atoms with Crippen molar-refractivity contribution in [2.75, 3.05) is 6.54 Å². The summed E-state index contributed by atoms with van der Waals surface area (Å²) in [7, 11) is 0. The van der Waals surface area contributed by atoms with Gasteiger partial charge in [0.1, 0.15) is 0 Å². The van der Waals surface area contributed by atoms with Crippen LogP contribution in [0.3, 0.4) is 0 Å². The number of fused-ring (bicyclic) bond motifs is 1. The van der Waals surface area contributed by atoms with Crippen molar-refractivity contribution in [3.8, 4) is 11.3 Å². The van der Waals surface area contributed by atoms with E-state index in [9.17, 15) is 4.79 Å². The summed E-state index contributed by atoms with van der Waals surface area (Å²) < 4.78 is 7.81. The van der Waals surface area contributed by atoms with Gasteiger partial charge in [0.05, 0.1) is 23.6 Å². The Hall–Kier alpha value is -3.41. The number of carbonyl (C=O) groups is 1. The molecule has 0 fully saturated rings. The van der Waals surface area contributed by atoms with Gasteiger partial charge < -0.3 is 14.3 Å². The van der Waals surface area contributed by atoms with E-state index in [0.717, 1.165) is 22.4 Å². The molecule has 6 nitrogen and oxygen atoms in total. The number of hydrogen-bond donors (Lipinski definition) is 1. The van der Waals surface area contributed by atoms with Crippen molar-refractivity contribution in [2.45, 2.75) is 26.3 Å². The number of rotatable bonds is 7. The Morgan fingerprint density at radius 3 is 2.79 bits per heavy atom. The first kappa shape index (κ1) is 18.0. The second-order valence-corrected chi connectivity index (χ2v) is 6.76. The first-order valence-electron chi connectivity index (χ1n) is 9.37. The molecular weight excluding hydrogens is 352 g/mol. The highest BCUT2D eigenvalue weighted by atomic mass is 16.4. The molecular formula is C22H22N4O2. The molecule has 2 aromatic heterocycles. The van der Waals surface area contributed by atoms with E-state index in [2.05, 4.69) is 15.3 Å². The summed E-state index contributed by atoms with van der Waals surface area (Å²) in [5.41, 5.74) is 4.22. The smallest absolute Gasteiger partial charge is 0.220 e. The highest BCUT2D eigenvalue weighted by Gasteiger charge is 2.09. The van der Waals surface area contributed by atoms with Gasteiger partial charge in [-0.05, 0) is 19.1 Å². The molecule has 1 amide bonds. The SMILES string of the molecule is Cc1ccc(-c2cnc(CCC(=O)NCCn3cnc4ccccc43)o2)cc1. The van der Waals surface area contributed by atoms with Crippen LogP contribution in [0, 0.1) is 6.92 Å². The molecule has 0 radical (unpaired) electrons. The molecule has 2 aromatic carbocycles. The lowest BCUT2D eigenvalue weighted by atomic mass is 10.1. The van der Waals surface area contributed by atoms with E-state index in [1.807, 2.05) is 60.0 Å². The van der Waals surface area contributed by atoms with E-state index in [1.165, 1.54) is 5.56 Å². The van der Waals surface area contributed by atoms with Crippen LogP contribution < -0.4 is 5.32 Å². The minimum Gasteiger partial charge on any atom is -0.441 e. The summed E-state index contributed by atoms with van der Waals surface area (Å²) >= 11 is 0. The molecule has 1 N–H and O–H groups in total. The Morgan fingerprint density at radius 1 is 1.11 bits per heavy atom. The summed E-state index contributed by atoms with van der Waals surface area (Å²) in [6, 6.07) is 16.0. The molecule has 4 rings (SSSR count). The average Bonchev–Trinajstić information content (AvgIpc) is 3.35. The maximum absolute atomic E-state index is 12.1. The van der Waals surface area contributed by atoms with Crippen molar-refractivity contribution in [3.05, 3.63) is 72.5 Å². The lowest BCUT2D eigenvalue weighted by molar-refractivity contribution is -0.121. The topological polar surface area (TPSA) is 73.0 Å². The normalized spacial score (nSPS) is 11.0. The third-order valence-corrected chi connectivity index (χ3v) is 4.66. The third kappa shape index (κ3) is 4.11. The van der Waals surface area contributed by atoms with Crippen molar-refractivity contribution in [3.63, 3.8) is 0 Å². The zero-order valence-corrected chi connectivity index (χ0v) is 15.8. The van der Waals surface area contributed by atoms with Crippen LogP contribution in [0.25, 0.3) is 22.4 Å². The molecule has 0 aliphatic heterocycles. The molecule has 0 bridgehead atoms. The number of amides is 1. The molecule has 0 unspecified atom stereocenters. The number of hydrogen-bond acceptors (Lipinski definition) is 4. The number of nitrogens with one attached hydrogen (secondary N) is 1. The molecule has 28 heavy (non-hydrogen) atoms. The highest BCUT2D eigenvalue weighted by Crippen LogP contribution is 2.21. The summed E-state index contributed by atoms with van der Waals surface area (Å²) in [6.45, 7) is 3.28. The summed E-state index contributed by atoms with van der Waals surface area (Å²) in [5.74, 6) is 1.29. The first-order chi connectivity index (χ1) is 13.7. The van der Waals surface area contributed by atoms with Crippen LogP contribution in [-0.4, -0.2) is 27.0 Å². The number of aromatic nitrogens is 3. The van der Waals surface area contributed by atoms with Crippen molar-refractivity contribution < 1.29 is 9.21 Å². The maximum Gasteiger partial charge on any atom is 0.220 e. The molecule has 0 atom stereocenters. The fourth-order valence-electron chi connectivity index (χ4n) is 3.09. The Morgan fingerprint density at radius 2 is 1.93 bits per heavy atom. The van der Waals surface area contributed by atoms with E-state index in [-0.39, 0.29) is 5.91 Å². The van der Waals surface area contributed by atoms with Crippen LogP contribution in [0.2, 0.25) is 0 Å². The Balaban J connectivity index is 1.25. The minimum absolute atomic E-state index is 0.0143. The monoisotopic (exact) mass is 374 g/mol. The molecule has 142 valence electrons. The zero-order valence-electron chi connectivity index (χ0n) is 15.8. The highest BCUT2D eigenvalue weighted by molar-refractivity contribution is 5.76. The van der Waals surface area contributed by atoms with Crippen molar-refractivity contribution in [1.82, 2.24) is 19.9 Å². The molecule has 4 aromatic rings. The van der Waals surface area contributed by atoms with Gasteiger partial charge in [0.2, 0.25) is 5.91 Å². The van der Waals surface area contributed by atoms with Gasteiger partial charge in [-0.25, -0.2) is 9.97 Å². The predicted octanol–water partition coefficient (Wildman–Crippen LogP) is 3.75. The van der Waals surface area contributed by atoms with Crippen LogP contribution in [0.15, 0.2) is 65.5 Å². The summed E-state index contributed by atoms with van der Waals surface area (Å²) in [4.78, 5) is 20.8. The van der Waals surface area contributed by atoms with Crippen molar-refractivity contribution in [2.24, 2.45) is 0 Å². The average molecular weight is 374 g/mol. The van der Waals surface area contributed by atoms with Crippen molar-refractivity contribution in [1.29, 1.82) is 0 Å². The maximum atomic E-state index is 12.1. The number of benzene rings is 2. The number of nitrogens with zero attached hydrogens (tertiary/aromatic N) is 3. The largest absolute Gasteiger partial charge is 0.441 e. The van der Waals surface area contributed by atoms with E-state index in [1.54, 1.807) is 12.5 Å². The summed E-state index contributed by atoms with van der Waals surface area (Å²) in [6.07, 6.45) is 4.34. The number of imidazole rings is 1. The zero-order chi connectivity index (χ0) is 19.3. The van der Waals surface area contributed by atoms with Gasteiger partial charge in [0.25, 0.3) is 0 Å². The molecule has 0 aliphatic carbocycles. The first-order valence-corrected chi connectivity index (χ1v) is 9.37. The summed E-state index contributed by atoms with van der Waals surface area (Å²) in [5, 5.41) is 2.94. The van der Waals surface area contributed by atoms with Crippen LogP contribution in [0.1, 0.15) is 17.9 Å². The van der Waals surface area contributed by atoms with E-state index in [4.69, 9.17) is 4.42 Å². The lowest BCUT2D eigenvalue weighted by Crippen LogP contribution is -2.27. The van der Waals surface area contributed by atoms with Gasteiger partial charge in [-0.2, -0.15) is 0 Å². The van der Waals surface area contributed by atoms with Crippen LogP contribution in [0.5, 0.6) is 0 Å². The van der Waals surface area contributed by atoms with E-state index in [0.29, 0.717) is 31.8 Å². The molecule has 0 saturated heterocycles. The minimum atomic E-state index is -0.0143. The van der Waals surface area contributed by atoms with E-state index >= 15 is 0 Å². The Kier molecular flexibility index (Phi) is 5.19. The van der Waals surface area contributed by atoms with Crippen LogP contribution in [-0.2, 0) is 17.8 Å². The van der Waals surface area contributed by atoms with Crippen LogP contribution >= 0.6 is 0 Å². The van der Waals surface area contributed by atoms with Gasteiger partial charge >= 0.3 is 0 Å². The lowest BCUT2D eigenvalue weighted by Gasteiger charge is -2.06.